The Balaban J connectivity index is 0.702. The molecule has 2 N–H and O–H groups in total. The van der Waals surface area contributed by atoms with Crippen molar-refractivity contribution in [3.05, 3.63) is 70.8 Å². The summed E-state index contributed by atoms with van der Waals surface area (Å²) in [5.41, 5.74) is 5.97. The van der Waals surface area contributed by atoms with Crippen LogP contribution in [0.15, 0.2) is 48.5 Å². The van der Waals surface area contributed by atoms with Gasteiger partial charge in [0, 0.05) is 49.1 Å². The van der Waals surface area contributed by atoms with Gasteiger partial charge in [0.05, 0.1) is 0 Å². The molecule has 4 fully saturated rings. The summed E-state index contributed by atoms with van der Waals surface area (Å²) >= 11 is 0. The summed E-state index contributed by atoms with van der Waals surface area (Å²) in [4.78, 5) is 31.8. The zero-order valence-electron chi connectivity index (χ0n) is 30.2. The van der Waals surface area contributed by atoms with Crippen molar-refractivity contribution >= 4 is 11.8 Å². The van der Waals surface area contributed by atoms with Crippen molar-refractivity contribution in [3.63, 3.8) is 0 Å². The summed E-state index contributed by atoms with van der Waals surface area (Å²) in [6, 6.07) is 21.3. The Morgan fingerprint density at radius 2 is 0.878 bits per heavy atom. The first-order chi connectivity index (χ1) is 23.8. The van der Waals surface area contributed by atoms with Gasteiger partial charge in [-0.05, 0) is 142 Å². The standard InChI is InChI=1S/C43H60N4O2/c1-43(2,27-41(48)44-31-15-11-29(12-16-31)23-25-46-37-19-20-38(46)34-8-4-3-7-33(34)37)28-42(49)45-32-17-13-30(14-18-32)24-26-47-39-21-22-40(47)36-10-6-5-9-35(36)39/h3-10,29-32,37-40H,11-28H2,1-2H3,(H,44,48)(H,45,49)/t29?,30?,31?,32?,37-,38+,39-,40+. The quantitative estimate of drug-likeness (QED) is 0.238. The molecule has 0 spiro atoms. The van der Waals surface area contributed by atoms with Crippen LogP contribution in [0.4, 0.5) is 0 Å². The largest absolute Gasteiger partial charge is 0.353 e. The Morgan fingerprint density at radius 3 is 1.20 bits per heavy atom. The van der Waals surface area contributed by atoms with Gasteiger partial charge in [0.25, 0.3) is 0 Å². The van der Waals surface area contributed by atoms with Crippen molar-refractivity contribution in [1.29, 1.82) is 0 Å². The third-order valence-corrected chi connectivity index (χ3v) is 13.7. The monoisotopic (exact) mass is 664 g/mol. The van der Waals surface area contributed by atoms with Gasteiger partial charge < -0.3 is 10.6 Å². The van der Waals surface area contributed by atoms with Gasteiger partial charge in [-0.3, -0.25) is 19.4 Å². The Kier molecular flexibility index (Phi) is 9.65. The molecule has 6 nitrogen and oxygen atoms in total. The fraction of sp³-hybridized carbons (Fsp3) is 0.674. The van der Waals surface area contributed by atoms with Crippen molar-refractivity contribution in [2.24, 2.45) is 17.3 Å². The van der Waals surface area contributed by atoms with Crippen LogP contribution in [0.5, 0.6) is 0 Å². The van der Waals surface area contributed by atoms with E-state index in [4.69, 9.17) is 0 Å². The molecule has 0 unspecified atom stereocenters. The second-order valence-electron chi connectivity index (χ2n) is 17.6. The number of fused-ring (bicyclic) bond motifs is 10. The zero-order valence-corrected chi connectivity index (χ0v) is 30.2. The van der Waals surface area contributed by atoms with Gasteiger partial charge in [0.1, 0.15) is 0 Å². The number of nitrogens with one attached hydrogen (secondary N) is 2. The molecule has 0 radical (unpaired) electrons. The molecule has 6 heteroatoms. The van der Waals surface area contributed by atoms with Gasteiger partial charge in [-0.15, -0.1) is 0 Å². The normalized spacial score (nSPS) is 32.2. The van der Waals surface area contributed by atoms with Gasteiger partial charge in [-0.2, -0.15) is 0 Å². The zero-order chi connectivity index (χ0) is 33.5. The van der Waals surface area contributed by atoms with E-state index in [0.717, 1.165) is 37.5 Å². The minimum atomic E-state index is -0.345. The average Bonchev–Trinajstić information content (AvgIpc) is 3.85. The minimum absolute atomic E-state index is 0.114. The average molecular weight is 665 g/mol. The summed E-state index contributed by atoms with van der Waals surface area (Å²) in [6.45, 7) is 6.57. The first kappa shape index (κ1) is 33.4. The highest BCUT2D eigenvalue weighted by atomic mass is 16.2. The van der Waals surface area contributed by atoms with Crippen molar-refractivity contribution < 1.29 is 9.59 Å². The first-order valence-electron chi connectivity index (χ1n) is 20.1. The van der Waals surface area contributed by atoms with Gasteiger partial charge in [0.2, 0.25) is 11.8 Å². The molecule has 4 bridgehead atoms. The highest BCUT2D eigenvalue weighted by Crippen LogP contribution is 2.54. The lowest BCUT2D eigenvalue weighted by atomic mass is 9.82. The number of rotatable bonds is 12. The van der Waals surface area contributed by atoms with Crippen LogP contribution in [0.2, 0.25) is 0 Å². The van der Waals surface area contributed by atoms with Crippen LogP contribution in [-0.2, 0) is 9.59 Å². The molecule has 2 aromatic rings. The third-order valence-electron chi connectivity index (χ3n) is 13.7. The summed E-state index contributed by atoms with van der Waals surface area (Å²) in [5, 5.41) is 6.70. The number of carbonyl (C=O) groups is 2. The molecule has 2 saturated heterocycles. The third kappa shape index (κ3) is 7.11. The maximum atomic E-state index is 13.1. The summed E-state index contributed by atoms with van der Waals surface area (Å²) in [6.07, 6.45) is 17.8. The molecular weight excluding hydrogens is 604 g/mol. The van der Waals surface area contributed by atoms with E-state index in [2.05, 4.69) is 82.8 Å². The molecule has 4 heterocycles. The van der Waals surface area contributed by atoms with Crippen molar-refractivity contribution in [2.45, 2.75) is 153 Å². The highest BCUT2D eigenvalue weighted by Gasteiger charge is 2.44. The van der Waals surface area contributed by atoms with E-state index >= 15 is 0 Å². The summed E-state index contributed by atoms with van der Waals surface area (Å²) in [7, 11) is 0. The first-order valence-corrected chi connectivity index (χ1v) is 20.1. The fourth-order valence-electron chi connectivity index (χ4n) is 11.3. The molecule has 4 aliphatic heterocycles. The lowest BCUT2D eigenvalue weighted by Gasteiger charge is -2.33. The van der Waals surface area contributed by atoms with E-state index in [9.17, 15) is 9.59 Å². The summed E-state index contributed by atoms with van der Waals surface area (Å²) < 4.78 is 0. The number of hydrogen-bond acceptors (Lipinski definition) is 4. The van der Waals surface area contributed by atoms with Crippen LogP contribution in [0.1, 0.15) is 163 Å². The van der Waals surface area contributed by atoms with E-state index in [0.29, 0.717) is 37.0 Å². The molecule has 2 saturated carbocycles. The fourth-order valence-corrected chi connectivity index (χ4v) is 11.3. The number of benzene rings is 2. The second-order valence-corrected chi connectivity index (χ2v) is 17.6. The van der Waals surface area contributed by atoms with Gasteiger partial charge in [-0.1, -0.05) is 62.4 Å². The Morgan fingerprint density at radius 1 is 0.551 bits per heavy atom. The maximum Gasteiger partial charge on any atom is 0.220 e. The van der Waals surface area contributed by atoms with Crippen LogP contribution in [0, 0.1) is 17.3 Å². The molecule has 0 aromatic heterocycles. The van der Waals surface area contributed by atoms with Crippen LogP contribution in [0.25, 0.3) is 0 Å². The number of amides is 2. The Bertz CT molecular complexity index is 1320. The topological polar surface area (TPSA) is 64.7 Å². The second kappa shape index (κ2) is 14.1. The highest BCUT2D eigenvalue weighted by molar-refractivity contribution is 5.80. The Labute approximate surface area is 295 Å². The van der Waals surface area contributed by atoms with Crippen LogP contribution in [-0.4, -0.2) is 46.8 Å². The molecule has 2 aliphatic carbocycles. The molecule has 6 aliphatic rings. The molecule has 49 heavy (non-hydrogen) atoms. The predicted octanol–water partition coefficient (Wildman–Crippen LogP) is 8.71. The molecule has 2 amide bonds. The van der Waals surface area contributed by atoms with Crippen molar-refractivity contribution in [3.8, 4) is 0 Å². The smallest absolute Gasteiger partial charge is 0.220 e. The molecule has 2 aromatic carbocycles. The van der Waals surface area contributed by atoms with Crippen molar-refractivity contribution in [2.75, 3.05) is 13.1 Å². The van der Waals surface area contributed by atoms with E-state index in [1.807, 2.05) is 0 Å². The summed E-state index contributed by atoms with van der Waals surface area (Å²) in [5.74, 6) is 1.76. The predicted molar refractivity (Wildman–Crippen MR) is 196 cm³/mol. The lowest BCUT2D eigenvalue weighted by molar-refractivity contribution is -0.127. The number of hydrogen-bond donors (Lipinski definition) is 2. The molecule has 8 rings (SSSR count). The van der Waals surface area contributed by atoms with E-state index in [1.165, 1.54) is 77.3 Å². The van der Waals surface area contributed by atoms with Gasteiger partial charge >= 0.3 is 0 Å². The molecule has 264 valence electrons. The molecule has 4 atom stereocenters. The van der Waals surface area contributed by atoms with Crippen LogP contribution >= 0.6 is 0 Å². The van der Waals surface area contributed by atoms with Gasteiger partial charge in [0.15, 0.2) is 0 Å². The maximum absolute atomic E-state index is 13.1. The Hall–Kier alpha value is -2.70. The van der Waals surface area contributed by atoms with E-state index in [1.54, 1.807) is 22.3 Å². The van der Waals surface area contributed by atoms with E-state index in [-0.39, 0.29) is 29.3 Å². The van der Waals surface area contributed by atoms with Gasteiger partial charge in [-0.25, -0.2) is 0 Å². The van der Waals surface area contributed by atoms with Crippen LogP contribution in [0.3, 0.4) is 0 Å². The SMILES string of the molecule is CC(C)(CC(=O)NC1CCC(CCN2[C@@H]3CC[C@H]2c2ccccc23)CC1)CC(=O)NC1CCC(CCN2[C@@H]3CC[C@H]2c2ccccc23)CC1. The minimum Gasteiger partial charge on any atom is -0.353 e. The lowest BCUT2D eigenvalue weighted by Crippen LogP contribution is -2.42. The number of carbonyl (C=O) groups excluding carboxylic acids is 2. The molecular formula is C43H60N4O2. The van der Waals surface area contributed by atoms with Crippen LogP contribution < -0.4 is 10.6 Å². The van der Waals surface area contributed by atoms with Crippen molar-refractivity contribution in [1.82, 2.24) is 20.4 Å². The van der Waals surface area contributed by atoms with E-state index < -0.39 is 0 Å². The number of nitrogens with zero attached hydrogens (tertiary/aromatic N) is 2.